The predicted molar refractivity (Wildman–Crippen MR) is 85.7 cm³/mol. The molecule has 0 saturated carbocycles. The first kappa shape index (κ1) is 14.6. The monoisotopic (exact) mass is 313 g/mol. The molecule has 0 saturated heterocycles. The van der Waals surface area contributed by atoms with E-state index in [1.807, 2.05) is 41.8 Å². The smallest absolute Gasteiger partial charge is 0.273 e. The van der Waals surface area contributed by atoms with Crippen molar-refractivity contribution in [3.63, 3.8) is 0 Å². The van der Waals surface area contributed by atoms with Gasteiger partial charge < -0.3 is 8.98 Å². The topological polar surface area (TPSA) is 60.9 Å². The highest BCUT2D eigenvalue weighted by molar-refractivity contribution is 7.98. The van der Waals surface area contributed by atoms with Crippen molar-refractivity contribution in [2.75, 3.05) is 0 Å². The molecule has 0 aliphatic heterocycles. The third-order valence-corrected chi connectivity index (χ3v) is 4.10. The van der Waals surface area contributed by atoms with Crippen molar-refractivity contribution in [2.24, 2.45) is 0 Å². The Balaban J connectivity index is 1.74. The van der Waals surface area contributed by atoms with Crippen molar-refractivity contribution in [3.8, 4) is 11.3 Å². The summed E-state index contributed by atoms with van der Waals surface area (Å²) < 4.78 is 7.67. The molecule has 0 N–H and O–H groups in total. The molecular formula is C16H15N3O2S. The first-order chi connectivity index (χ1) is 10.8. The SMILES string of the molecule is CCn1ccc(=O)nc1SCc1ncc(-c2ccccc2)o1. The maximum atomic E-state index is 11.4. The minimum absolute atomic E-state index is 0.232. The molecule has 0 atom stereocenters. The summed E-state index contributed by atoms with van der Waals surface area (Å²) in [5, 5.41) is 0.675. The van der Waals surface area contributed by atoms with E-state index in [2.05, 4.69) is 9.97 Å². The van der Waals surface area contributed by atoms with E-state index in [0.29, 0.717) is 16.8 Å². The fraction of sp³-hybridized carbons (Fsp3) is 0.188. The summed E-state index contributed by atoms with van der Waals surface area (Å²) in [5.41, 5.74) is 0.763. The summed E-state index contributed by atoms with van der Waals surface area (Å²) in [6.07, 6.45) is 3.47. The van der Waals surface area contributed by atoms with E-state index in [1.165, 1.54) is 17.8 Å². The van der Waals surface area contributed by atoms with Gasteiger partial charge in [0.05, 0.1) is 11.9 Å². The number of nitrogens with zero attached hydrogens (tertiary/aromatic N) is 3. The average Bonchev–Trinajstić information content (AvgIpc) is 3.03. The largest absolute Gasteiger partial charge is 0.440 e. The molecule has 3 aromatic rings. The van der Waals surface area contributed by atoms with Crippen molar-refractivity contribution in [3.05, 3.63) is 65.0 Å². The van der Waals surface area contributed by atoms with Gasteiger partial charge >= 0.3 is 0 Å². The van der Waals surface area contributed by atoms with Crippen LogP contribution in [0.25, 0.3) is 11.3 Å². The van der Waals surface area contributed by atoms with Gasteiger partial charge in [0.25, 0.3) is 5.56 Å². The van der Waals surface area contributed by atoms with Gasteiger partial charge in [0.1, 0.15) is 0 Å². The summed E-state index contributed by atoms with van der Waals surface area (Å²) in [6, 6.07) is 11.3. The molecule has 0 aliphatic carbocycles. The third kappa shape index (κ3) is 3.28. The van der Waals surface area contributed by atoms with Gasteiger partial charge in [-0.1, -0.05) is 42.1 Å². The van der Waals surface area contributed by atoms with Crippen LogP contribution in [0.5, 0.6) is 0 Å². The molecule has 0 amide bonds. The van der Waals surface area contributed by atoms with Crippen LogP contribution in [0.4, 0.5) is 0 Å². The Morgan fingerprint density at radius 1 is 1.23 bits per heavy atom. The Labute approximate surface area is 132 Å². The molecule has 0 fully saturated rings. The molecule has 6 heteroatoms. The van der Waals surface area contributed by atoms with Crippen LogP contribution >= 0.6 is 11.8 Å². The lowest BCUT2D eigenvalue weighted by Gasteiger charge is -2.07. The van der Waals surface area contributed by atoms with Gasteiger partial charge in [0, 0.05) is 24.4 Å². The van der Waals surface area contributed by atoms with Crippen LogP contribution in [0, 0.1) is 0 Å². The number of hydrogen-bond acceptors (Lipinski definition) is 5. The second-order valence-corrected chi connectivity index (χ2v) is 5.55. The molecule has 0 aliphatic rings. The van der Waals surface area contributed by atoms with Gasteiger partial charge in [-0.05, 0) is 6.92 Å². The van der Waals surface area contributed by atoms with E-state index in [9.17, 15) is 4.79 Å². The fourth-order valence-electron chi connectivity index (χ4n) is 2.01. The lowest BCUT2D eigenvalue weighted by Crippen LogP contribution is -2.12. The Morgan fingerprint density at radius 2 is 2.05 bits per heavy atom. The molecule has 22 heavy (non-hydrogen) atoms. The van der Waals surface area contributed by atoms with Crippen molar-refractivity contribution >= 4 is 11.8 Å². The van der Waals surface area contributed by atoms with E-state index in [-0.39, 0.29) is 5.56 Å². The van der Waals surface area contributed by atoms with Gasteiger partial charge in [-0.2, -0.15) is 4.98 Å². The Morgan fingerprint density at radius 3 is 2.82 bits per heavy atom. The zero-order valence-electron chi connectivity index (χ0n) is 12.1. The van der Waals surface area contributed by atoms with Crippen LogP contribution in [0.3, 0.4) is 0 Å². The van der Waals surface area contributed by atoms with Crippen molar-refractivity contribution in [2.45, 2.75) is 24.4 Å². The third-order valence-electron chi connectivity index (χ3n) is 3.13. The van der Waals surface area contributed by atoms with Gasteiger partial charge in [-0.3, -0.25) is 4.79 Å². The van der Waals surface area contributed by atoms with E-state index >= 15 is 0 Å². The number of rotatable bonds is 5. The summed E-state index contributed by atoms with van der Waals surface area (Å²) in [6.45, 7) is 2.77. The number of hydrogen-bond donors (Lipinski definition) is 0. The van der Waals surface area contributed by atoms with E-state index in [4.69, 9.17) is 4.42 Å². The quantitative estimate of drug-likeness (QED) is 0.534. The van der Waals surface area contributed by atoms with Crippen LogP contribution in [0.1, 0.15) is 12.8 Å². The lowest BCUT2D eigenvalue weighted by molar-refractivity contribution is 0.529. The zero-order chi connectivity index (χ0) is 15.4. The van der Waals surface area contributed by atoms with Gasteiger partial charge in [-0.15, -0.1) is 0 Å². The summed E-state index contributed by atoms with van der Waals surface area (Å²) >= 11 is 1.44. The molecule has 0 radical (unpaired) electrons. The average molecular weight is 313 g/mol. The standard InChI is InChI=1S/C16H15N3O2S/c1-2-19-9-8-14(20)18-16(19)22-11-15-17-10-13(21-15)12-6-4-3-5-7-12/h3-10H,2,11H2,1H3. The Kier molecular flexibility index (Phi) is 4.39. The number of oxazole rings is 1. The van der Waals surface area contributed by atoms with Crippen LogP contribution in [-0.4, -0.2) is 14.5 Å². The maximum absolute atomic E-state index is 11.4. The molecule has 2 heterocycles. The Hall–Kier alpha value is -2.34. The lowest BCUT2D eigenvalue weighted by atomic mass is 10.2. The number of thioether (sulfide) groups is 1. The van der Waals surface area contributed by atoms with E-state index in [0.717, 1.165) is 17.9 Å². The van der Waals surface area contributed by atoms with Crippen molar-refractivity contribution < 1.29 is 4.42 Å². The number of aromatic nitrogens is 3. The Bertz CT molecular complexity index is 812. The highest BCUT2D eigenvalue weighted by Crippen LogP contribution is 2.24. The maximum Gasteiger partial charge on any atom is 0.273 e. The molecule has 0 bridgehead atoms. The zero-order valence-corrected chi connectivity index (χ0v) is 12.9. The highest BCUT2D eigenvalue weighted by atomic mass is 32.2. The second kappa shape index (κ2) is 6.62. The van der Waals surface area contributed by atoms with Gasteiger partial charge in [-0.25, -0.2) is 4.98 Å². The molecule has 5 nitrogen and oxygen atoms in total. The van der Waals surface area contributed by atoms with Crippen LogP contribution in [-0.2, 0) is 12.3 Å². The highest BCUT2D eigenvalue weighted by Gasteiger charge is 2.09. The molecule has 112 valence electrons. The first-order valence-corrected chi connectivity index (χ1v) is 7.95. The molecule has 0 spiro atoms. The van der Waals surface area contributed by atoms with Crippen LogP contribution in [0.15, 0.2) is 63.2 Å². The van der Waals surface area contributed by atoms with Gasteiger partial charge in [0.2, 0.25) is 5.89 Å². The molecular weight excluding hydrogens is 298 g/mol. The fourth-order valence-corrected chi connectivity index (χ4v) is 2.90. The van der Waals surface area contributed by atoms with Crippen LogP contribution in [0.2, 0.25) is 0 Å². The number of aryl methyl sites for hydroxylation is 1. The summed E-state index contributed by atoms with van der Waals surface area (Å²) in [7, 11) is 0. The van der Waals surface area contributed by atoms with E-state index < -0.39 is 0 Å². The summed E-state index contributed by atoms with van der Waals surface area (Å²) in [5.74, 6) is 1.89. The van der Waals surface area contributed by atoms with E-state index in [1.54, 1.807) is 12.4 Å². The molecule has 3 rings (SSSR count). The number of benzene rings is 1. The van der Waals surface area contributed by atoms with Gasteiger partial charge in [0.15, 0.2) is 10.9 Å². The first-order valence-electron chi connectivity index (χ1n) is 6.96. The summed E-state index contributed by atoms with van der Waals surface area (Å²) in [4.78, 5) is 19.7. The predicted octanol–water partition coefficient (Wildman–Crippen LogP) is 3.21. The van der Waals surface area contributed by atoms with Crippen molar-refractivity contribution in [1.29, 1.82) is 0 Å². The normalized spacial score (nSPS) is 10.8. The molecule has 0 unspecified atom stereocenters. The molecule has 1 aromatic carbocycles. The second-order valence-electron chi connectivity index (χ2n) is 4.61. The minimum Gasteiger partial charge on any atom is -0.440 e. The van der Waals surface area contributed by atoms with Crippen molar-refractivity contribution in [1.82, 2.24) is 14.5 Å². The molecule has 2 aromatic heterocycles. The minimum atomic E-state index is -0.232. The van der Waals surface area contributed by atoms with Crippen LogP contribution < -0.4 is 5.56 Å².